The Morgan fingerprint density at radius 3 is 2.23 bits per heavy atom. The summed E-state index contributed by atoms with van der Waals surface area (Å²) in [4.78, 5) is 46.9. The van der Waals surface area contributed by atoms with Gasteiger partial charge in [-0.25, -0.2) is 19.7 Å². The Bertz CT molecular complexity index is 1140. The zero-order valence-electron chi connectivity index (χ0n) is 15.9. The van der Waals surface area contributed by atoms with Crippen LogP contribution in [0.2, 0.25) is 0 Å². The summed E-state index contributed by atoms with van der Waals surface area (Å²) in [7, 11) is 1.51. The first-order valence-electron chi connectivity index (χ1n) is 9.00. The van der Waals surface area contributed by atoms with Crippen molar-refractivity contribution in [3.8, 4) is 17.1 Å². The Hall–Kier alpha value is -4.33. The highest BCUT2D eigenvalue weighted by molar-refractivity contribution is 6.39. The molecule has 1 N–H and O–H groups in total. The van der Waals surface area contributed by atoms with Gasteiger partial charge in [0.2, 0.25) is 0 Å². The zero-order valence-corrected chi connectivity index (χ0v) is 15.9. The van der Waals surface area contributed by atoms with Gasteiger partial charge < -0.3 is 4.74 Å². The molecule has 0 bridgehead atoms. The Balaban J connectivity index is 1.63. The van der Waals surface area contributed by atoms with Crippen LogP contribution in [-0.4, -0.2) is 34.9 Å². The van der Waals surface area contributed by atoms with E-state index in [2.05, 4.69) is 15.3 Å². The molecule has 1 saturated heterocycles. The average Bonchev–Trinajstić information content (AvgIpc) is 2.78. The predicted molar refractivity (Wildman–Crippen MR) is 109 cm³/mol. The molecule has 148 valence electrons. The van der Waals surface area contributed by atoms with Gasteiger partial charge in [0.15, 0.2) is 5.82 Å². The summed E-state index contributed by atoms with van der Waals surface area (Å²) in [6, 6.07) is 14.9. The number of nitrogens with zero attached hydrogens (tertiary/aromatic N) is 3. The van der Waals surface area contributed by atoms with E-state index in [0.717, 1.165) is 10.5 Å². The van der Waals surface area contributed by atoms with E-state index in [4.69, 9.17) is 4.74 Å². The van der Waals surface area contributed by atoms with Gasteiger partial charge in [-0.2, -0.15) is 0 Å². The van der Waals surface area contributed by atoms with Crippen LogP contribution in [0.3, 0.4) is 0 Å². The number of aromatic nitrogens is 2. The van der Waals surface area contributed by atoms with Gasteiger partial charge in [-0.1, -0.05) is 30.3 Å². The number of hydrogen-bond acceptors (Lipinski definition) is 6. The van der Waals surface area contributed by atoms with Crippen molar-refractivity contribution >= 4 is 29.6 Å². The third-order valence-corrected chi connectivity index (χ3v) is 4.45. The monoisotopic (exact) mass is 400 g/mol. The molecule has 0 saturated carbocycles. The highest BCUT2D eigenvalue weighted by Crippen LogP contribution is 2.24. The van der Waals surface area contributed by atoms with Gasteiger partial charge in [-0.3, -0.25) is 14.9 Å². The second-order valence-corrected chi connectivity index (χ2v) is 6.36. The Morgan fingerprint density at radius 2 is 1.60 bits per heavy atom. The standard InChI is InChI=1S/C22H16N4O4/c1-30-17-9-7-16(8-10-17)26-21(28)18(20(27)25-22(26)29)11-14-12-23-19(24-13-14)15-5-3-2-4-6-15/h2-13H,1H3,(H,25,27,29)/b18-11+. The summed E-state index contributed by atoms with van der Waals surface area (Å²) in [6.45, 7) is 0. The van der Waals surface area contributed by atoms with Crippen molar-refractivity contribution in [3.63, 3.8) is 0 Å². The van der Waals surface area contributed by atoms with Crippen molar-refractivity contribution in [2.24, 2.45) is 0 Å². The lowest BCUT2D eigenvalue weighted by Gasteiger charge is -2.26. The summed E-state index contributed by atoms with van der Waals surface area (Å²) in [5.41, 5.74) is 1.42. The number of ether oxygens (including phenoxy) is 1. The lowest BCUT2D eigenvalue weighted by Crippen LogP contribution is -2.54. The molecule has 1 fully saturated rings. The molecule has 0 aliphatic carbocycles. The third-order valence-electron chi connectivity index (χ3n) is 4.45. The maximum atomic E-state index is 12.9. The molecular formula is C22H16N4O4. The van der Waals surface area contributed by atoms with E-state index in [9.17, 15) is 14.4 Å². The van der Waals surface area contributed by atoms with Crippen LogP contribution < -0.4 is 15.0 Å². The topological polar surface area (TPSA) is 101 Å². The van der Waals surface area contributed by atoms with Gasteiger partial charge in [0.05, 0.1) is 12.8 Å². The number of methoxy groups -OCH3 is 1. The number of nitrogens with one attached hydrogen (secondary N) is 1. The summed E-state index contributed by atoms with van der Waals surface area (Å²) in [6.07, 6.45) is 4.38. The minimum absolute atomic E-state index is 0.193. The van der Waals surface area contributed by atoms with Gasteiger partial charge in [-0.15, -0.1) is 0 Å². The summed E-state index contributed by atoms with van der Waals surface area (Å²) in [5, 5.41) is 2.18. The first-order valence-corrected chi connectivity index (χ1v) is 9.00. The van der Waals surface area contributed by atoms with Crippen molar-refractivity contribution in [2.75, 3.05) is 12.0 Å². The molecule has 4 amide bonds. The molecule has 8 heteroatoms. The molecule has 3 aromatic rings. The van der Waals surface area contributed by atoms with E-state index in [1.807, 2.05) is 30.3 Å². The molecule has 4 rings (SSSR count). The molecule has 8 nitrogen and oxygen atoms in total. The summed E-state index contributed by atoms with van der Waals surface area (Å²) in [5.74, 6) is -0.415. The number of imide groups is 2. The smallest absolute Gasteiger partial charge is 0.335 e. The zero-order chi connectivity index (χ0) is 21.1. The minimum atomic E-state index is -0.817. The number of hydrogen-bond donors (Lipinski definition) is 1. The first kappa shape index (κ1) is 19.0. The maximum Gasteiger partial charge on any atom is 0.335 e. The molecule has 1 aliphatic rings. The second-order valence-electron chi connectivity index (χ2n) is 6.36. The van der Waals surface area contributed by atoms with Crippen LogP contribution in [0.4, 0.5) is 10.5 Å². The third kappa shape index (κ3) is 3.66. The van der Waals surface area contributed by atoms with Gasteiger partial charge in [0.25, 0.3) is 11.8 Å². The highest BCUT2D eigenvalue weighted by atomic mass is 16.5. The highest BCUT2D eigenvalue weighted by Gasteiger charge is 2.36. The Morgan fingerprint density at radius 1 is 0.933 bits per heavy atom. The van der Waals surface area contributed by atoms with E-state index in [1.54, 1.807) is 24.3 Å². The van der Waals surface area contributed by atoms with Crippen LogP contribution >= 0.6 is 0 Å². The van der Waals surface area contributed by atoms with Crippen molar-refractivity contribution in [1.29, 1.82) is 0 Å². The van der Waals surface area contributed by atoms with Crippen molar-refractivity contribution in [1.82, 2.24) is 15.3 Å². The molecule has 0 radical (unpaired) electrons. The van der Waals surface area contributed by atoms with Crippen LogP contribution in [0.1, 0.15) is 5.56 Å². The van der Waals surface area contributed by atoms with Crippen molar-refractivity contribution < 1.29 is 19.1 Å². The quantitative estimate of drug-likeness (QED) is 0.534. The molecule has 2 heterocycles. The lowest BCUT2D eigenvalue weighted by atomic mass is 10.1. The fourth-order valence-corrected chi connectivity index (χ4v) is 2.94. The Labute approximate surface area is 171 Å². The van der Waals surface area contributed by atoms with Crippen LogP contribution in [0.5, 0.6) is 5.75 Å². The predicted octanol–water partition coefficient (Wildman–Crippen LogP) is 2.82. The van der Waals surface area contributed by atoms with E-state index in [1.165, 1.54) is 25.6 Å². The molecule has 30 heavy (non-hydrogen) atoms. The van der Waals surface area contributed by atoms with E-state index < -0.39 is 17.8 Å². The number of rotatable bonds is 4. The largest absolute Gasteiger partial charge is 0.497 e. The number of anilines is 1. The van der Waals surface area contributed by atoms with Gasteiger partial charge in [0.1, 0.15) is 11.3 Å². The van der Waals surface area contributed by atoms with E-state index in [-0.39, 0.29) is 5.57 Å². The van der Waals surface area contributed by atoms with Crippen molar-refractivity contribution in [3.05, 3.63) is 78.1 Å². The molecule has 1 aromatic heterocycles. The van der Waals surface area contributed by atoms with Crippen molar-refractivity contribution in [2.45, 2.75) is 0 Å². The van der Waals surface area contributed by atoms with Gasteiger partial charge >= 0.3 is 6.03 Å². The molecule has 2 aromatic carbocycles. The van der Waals surface area contributed by atoms with Crippen LogP contribution in [0, 0.1) is 0 Å². The summed E-state index contributed by atoms with van der Waals surface area (Å²) >= 11 is 0. The van der Waals surface area contributed by atoms with Crippen LogP contribution in [0.25, 0.3) is 17.5 Å². The number of urea groups is 1. The van der Waals surface area contributed by atoms with Gasteiger partial charge in [-0.05, 0) is 30.3 Å². The number of benzene rings is 2. The normalized spacial score (nSPS) is 15.3. The van der Waals surface area contributed by atoms with Crippen LogP contribution in [0.15, 0.2) is 72.6 Å². The second kappa shape index (κ2) is 7.96. The van der Waals surface area contributed by atoms with E-state index in [0.29, 0.717) is 22.8 Å². The minimum Gasteiger partial charge on any atom is -0.497 e. The Kier molecular flexibility index (Phi) is 5.04. The fraction of sp³-hybridized carbons (Fsp3) is 0.0455. The number of carbonyl (C=O) groups excluding carboxylic acids is 3. The lowest BCUT2D eigenvalue weighted by molar-refractivity contribution is -0.122. The number of barbiturate groups is 1. The fourth-order valence-electron chi connectivity index (χ4n) is 2.94. The molecule has 0 spiro atoms. The molecule has 0 atom stereocenters. The summed E-state index contributed by atoms with van der Waals surface area (Å²) < 4.78 is 5.09. The SMILES string of the molecule is COc1ccc(N2C(=O)NC(=O)/C(=C\c3cnc(-c4ccccc4)nc3)C2=O)cc1. The first-order chi connectivity index (χ1) is 14.6. The molecule has 1 aliphatic heterocycles. The number of amides is 4. The number of carbonyl (C=O) groups is 3. The maximum absolute atomic E-state index is 12.9. The van der Waals surface area contributed by atoms with Gasteiger partial charge in [0, 0.05) is 23.5 Å². The van der Waals surface area contributed by atoms with Crippen LogP contribution in [-0.2, 0) is 9.59 Å². The molecule has 0 unspecified atom stereocenters. The van der Waals surface area contributed by atoms with E-state index >= 15 is 0 Å². The molecular weight excluding hydrogens is 384 g/mol. The average molecular weight is 400 g/mol.